The fraction of sp³-hybridized carbons (Fsp3) is 0.421. The maximum atomic E-state index is 13.0. The highest BCUT2D eigenvalue weighted by molar-refractivity contribution is 7.89. The first-order chi connectivity index (χ1) is 13.3. The van der Waals surface area contributed by atoms with Crippen molar-refractivity contribution >= 4 is 33.2 Å². The summed E-state index contributed by atoms with van der Waals surface area (Å²) in [5, 5.41) is 3.19. The standard InChI is InChI=1S/C19H24ClN3O4S/c1-22-13-15(28(25,26)23-9-5-3-4-6-10-23)12-17(22)19(24)21-16-11-14(20)7-8-18(16)27-2/h7-8,11-13H,3-6,9-10H2,1-2H3,(H,21,24). The molecule has 3 rings (SSSR count). The predicted molar refractivity (Wildman–Crippen MR) is 109 cm³/mol. The molecule has 2 aromatic rings. The van der Waals surface area contributed by atoms with Crippen LogP contribution in [0, 0.1) is 0 Å². The predicted octanol–water partition coefficient (Wildman–Crippen LogP) is 3.50. The highest BCUT2D eigenvalue weighted by Gasteiger charge is 2.28. The number of hydrogen-bond acceptors (Lipinski definition) is 4. The minimum absolute atomic E-state index is 0.125. The van der Waals surface area contributed by atoms with Gasteiger partial charge in [0.05, 0.1) is 12.8 Å². The molecule has 0 bridgehead atoms. The van der Waals surface area contributed by atoms with E-state index < -0.39 is 15.9 Å². The second-order valence-corrected chi connectivity index (χ2v) is 9.16. The number of amides is 1. The zero-order chi connectivity index (χ0) is 20.3. The number of sulfonamides is 1. The van der Waals surface area contributed by atoms with Crippen LogP contribution in [0.2, 0.25) is 5.02 Å². The number of methoxy groups -OCH3 is 1. The normalized spacial score (nSPS) is 15.8. The average molecular weight is 426 g/mol. The summed E-state index contributed by atoms with van der Waals surface area (Å²) in [6.45, 7) is 1.02. The first kappa shape index (κ1) is 20.7. The molecule has 0 spiro atoms. The second kappa shape index (κ2) is 8.55. The maximum absolute atomic E-state index is 13.0. The van der Waals surface area contributed by atoms with Crippen molar-refractivity contribution in [3.8, 4) is 5.75 Å². The number of nitrogens with one attached hydrogen (secondary N) is 1. The van der Waals surface area contributed by atoms with Crippen molar-refractivity contribution in [3.63, 3.8) is 0 Å². The van der Waals surface area contributed by atoms with Crippen LogP contribution in [-0.4, -0.2) is 43.4 Å². The number of aromatic nitrogens is 1. The lowest BCUT2D eigenvalue weighted by atomic mass is 10.2. The van der Waals surface area contributed by atoms with Gasteiger partial charge >= 0.3 is 0 Å². The molecule has 1 aliphatic heterocycles. The number of nitrogens with zero attached hydrogens (tertiary/aromatic N) is 2. The largest absolute Gasteiger partial charge is 0.495 e. The summed E-state index contributed by atoms with van der Waals surface area (Å²) in [6, 6.07) is 6.30. The summed E-state index contributed by atoms with van der Waals surface area (Å²) in [6.07, 6.45) is 5.26. The second-order valence-electron chi connectivity index (χ2n) is 6.79. The van der Waals surface area contributed by atoms with Crippen LogP contribution in [0.5, 0.6) is 5.75 Å². The molecule has 7 nitrogen and oxygen atoms in total. The summed E-state index contributed by atoms with van der Waals surface area (Å²) in [5.74, 6) is 0.0183. The van der Waals surface area contributed by atoms with Crippen molar-refractivity contribution in [2.24, 2.45) is 7.05 Å². The SMILES string of the molecule is COc1ccc(Cl)cc1NC(=O)c1cc(S(=O)(=O)N2CCCCCC2)cn1C. The number of benzene rings is 1. The van der Waals surface area contributed by atoms with Gasteiger partial charge in [-0.15, -0.1) is 0 Å². The van der Waals surface area contributed by atoms with E-state index in [-0.39, 0.29) is 10.6 Å². The zero-order valence-electron chi connectivity index (χ0n) is 15.9. The Morgan fingerprint density at radius 2 is 1.82 bits per heavy atom. The van der Waals surface area contributed by atoms with Crippen molar-refractivity contribution in [2.45, 2.75) is 30.6 Å². The lowest BCUT2D eigenvalue weighted by Crippen LogP contribution is -2.31. The quantitative estimate of drug-likeness (QED) is 0.794. The monoisotopic (exact) mass is 425 g/mol. The molecule has 1 aliphatic rings. The van der Waals surface area contributed by atoms with Gasteiger partial charge in [-0.05, 0) is 37.1 Å². The number of halogens is 1. The number of aryl methyl sites for hydroxylation is 1. The molecular weight excluding hydrogens is 402 g/mol. The van der Waals surface area contributed by atoms with Gasteiger partial charge in [-0.1, -0.05) is 24.4 Å². The van der Waals surface area contributed by atoms with Crippen LogP contribution in [0.1, 0.15) is 36.2 Å². The van der Waals surface area contributed by atoms with Crippen LogP contribution < -0.4 is 10.1 Å². The molecule has 1 saturated heterocycles. The summed E-state index contributed by atoms with van der Waals surface area (Å²) < 4.78 is 34.2. The van der Waals surface area contributed by atoms with Crippen LogP contribution >= 0.6 is 11.6 Å². The minimum atomic E-state index is -3.63. The summed E-state index contributed by atoms with van der Waals surface area (Å²) in [7, 11) is -0.489. The van der Waals surface area contributed by atoms with E-state index in [2.05, 4.69) is 5.32 Å². The van der Waals surface area contributed by atoms with E-state index in [0.717, 1.165) is 25.7 Å². The molecule has 1 fully saturated rings. The number of carbonyl (C=O) groups is 1. The molecule has 0 atom stereocenters. The van der Waals surface area contributed by atoms with Crippen LogP contribution in [-0.2, 0) is 17.1 Å². The number of rotatable bonds is 5. The van der Waals surface area contributed by atoms with Gasteiger partial charge in [0.2, 0.25) is 10.0 Å². The molecule has 2 heterocycles. The number of anilines is 1. The number of carbonyl (C=O) groups excluding carboxylic acids is 1. The molecule has 1 amide bonds. The van der Waals surface area contributed by atoms with Crippen molar-refractivity contribution < 1.29 is 17.9 Å². The van der Waals surface area contributed by atoms with Gasteiger partial charge in [0.15, 0.2) is 0 Å². The molecule has 0 unspecified atom stereocenters. The van der Waals surface area contributed by atoms with Crippen LogP contribution in [0.15, 0.2) is 35.4 Å². The van der Waals surface area contributed by atoms with Gasteiger partial charge in [0, 0.05) is 31.4 Å². The van der Waals surface area contributed by atoms with Crippen molar-refractivity contribution in [2.75, 3.05) is 25.5 Å². The molecule has 1 N–H and O–H groups in total. The number of ether oxygens (including phenoxy) is 1. The van der Waals surface area contributed by atoms with Gasteiger partial charge in [0.25, 0.3) is 5.91 Å². The third-order valence-corrected chi connectivity index (χ3v) is 6.92. The fourth-order valence-corrected chi connectivity index (χ4v) is 5.06. The van der Waals surface area contributed by atoms with Gasteiger partial charge in [-0.2, -0.15) is 4.31 Å². The summed E-state index contributed by atoms with van der Waals surface area (Å²) in [4.78, 5) is 12.9. The van der Waals surface area contributed by atoms with Gasteiger partial charge in [-0.25, -0.2) is 8.42 Å². The van der Waals surface area contributed by atoms with E-state index in [9.17, 15) is 13.2 Å². The molecule has 0 radical (unpaired) electrons. The Balaban J connectivity index is 1.85. The molecule has 9 heteroatoms. The smallest absolute Gasteiger partial charge is 0.272 e. The molecule has 1 aromatic carbocycles. The minimum Gasteiger partial charge on any atom is -0.495 e. The Kier molecular flexibility index (Phi) is 6.32. The van der Waals surface area contributed by atoms with Crippen molar-refractivity contribution in [1.29, 1.82) is 0 Å². The Morgan fingerprint density at radius 3 is 2.46 bits per heavy atom. The van der Waals surface area contributed by atoms with E-state index in [4.69, 9.17) is 16.3 Å². The molecular formula is C19H24ClN3O4S. The van der Waals surface area contributed by atoms with Crippen molar-refractivity contribution in [3.05, 3.63) is 41.2 Å². The first-order valence-electron chi connectivity index (χ1n) is 9.14. The molecule has 28 heavy (non-hydrogen) atoms. The zero-order valence-corrected chi connectivity index (χ0v) is 17.5. The molecule has 152 valence electrons. The highest BCUT2D eigenvalue weighted by atomic mass is 35.5. The summed E-state index contributed by atoms with van der Waals surface area (Å²) in [5.41, 5.74) is 0.647. The van der Waals surface area contributed by atoms with E-state index in [1.165, 1.54) is 28.2 Å². The van der Waals surface area contributed by atoms with Gasteiger partial charge in [0.1, 0.15) is 16.3 Å². The maximum Gasteiger partial charge on any atom is 0.272 e. The van der Waals surface area contributed by atoms with Crippen LogP contribution in [0.4, 0.5) is 5.69 Å². The average Bonchev–Trinajstić information content (AvgIpc) is 2.87. The van der Waals surface area contributed by atoms with E-state index >= 15 is 0 Å². The Labute approximate surface area is 170 Å². The van der Waals surface area contributed by atoms with Gasteiger partial charge in [-0.3, -0.25) is 4.79 Å². The number of hydrogen-bond donors (Lipinski definition) is 1. The Bertz CT molecular complexity index is 964. The van der Waals surface area contributed by atoms with Crippen LogP contribution in [0.25, 0.3) is 0 Å². The third-order valence-electron chi connectivity index (χ3n) is 4.83. The summed E-state index contributed by atoms with van der Waals surface area (Å²) >= 11 is 6.00. The van der Waals surface area contributed by atoms with Gasteiger partial charge < -0.3 is 14.6 Å². The van der Waals surface area contributed by atoms with E-state index in [1.54, 1.807) is 25.2 Å². The highest BCUT2D eigenvalue weighted by Crippen LogP contribution is 2.29. The van der Waals surface area contributed by atoms with E-state index in [0.29, 0.717) is 29.5 Å². The molecule has 0 aliphatic carbocycles. The first-order valence-corrected chi connectivity index (χ1v) is 11.0. The lowest BCUT2D eigenvalue weighted by molar-refractivity contribution is 0.101. The van der Waals surface area contributed by atoms with E-state index in [1.807, 2.05) is 0 Å². The molecule has 0 saturated carbocycles. The molecule has 1 aromatic heterocycles. The lowest BCUT2D eigenvalue weighted by Gasteiger charge is -2.18. The third kappa shape index (κ3) is 4.34. The topological polar surface area (TPSA) is 80.6 Å². The Morgan fingerprint density at radius 1 is 1.14 bits per heavy atom. The fourth-order valence-electron chi connectivity index (χ4n) is 3.30. The van der Waals surface area contributed by atoms with Crippen LogP contribution in [0.3, 0.4) is 0 Å². The van der Waals surface area contributed by atoms with Crippen molar-refractivity contribution in [1.82, 2.24) is 8.87 Å². The Hall–Kier alpha value is -2.03.